The van der Waals surface area contributed by atoms with Crippen LogP contribution in [0.3, 0.4) is 0 Å². The summed E-state index contributed by atoms with van der Waals surface area (Å²) >= 11 is 0. The van der Waals surface area contributed by atoms with Gasteiger partial charge >= 0.3 is 0 Å². The average Bonchev–Trinajstić information content (AvgIpc) is 2.80. The summed E-state index contributed by atoms with van der Waals surface area (Å²) in [5.74, 6) is -0.160. The first kappa shape index (κ1) is 23.3. The van der Waals surface area contributed by atoms with Crippen molar-refractivity contribution < 1.29 is 22.7 Å². The van der Waals surface area contributed by atoms with Gasteiger partial charge in [0.25, 0.3) is 5.91 Å². The van der Waals surface area contributed by atoms with E-state index >= 15 is 0 Å². The van der Waals surface area contributed by atoms with E-state index in [1.54, 1.807) is 6.07 Å². The Morgan fingerprint density at radius 2 is 1.85 bits per heavy atom. The molecule has 2 N–H and O–H groups in total. The van der Waals surface area contributed by atoms with Gasteiger partial charge in [0, 0.05) is 24.7 Å². The normalized spacial score (nSPS) is 19.4. The first-order valence-electron chi connectivity index (χ1n) is 11.2. The summed E-state index contributed by atoms with van der Waals surface area (Å²) in [7, 11) is -3.76. The number of nitrogens with one attached hydrogen (secondary N) is 2. The summed E-state index contributed by atoms with van der Waals surface area (Å²) in [4.78, 5) is 24.9. The van der Waals surface area contributed by atoms with Crippen LogP contribution in [0.1, 0.15) is 37.3 Å². The molecule has 0 aromatic heterocycles. The zero-order valence-electron chi connectivity index (χ0n) is 19.1. The van der Waals surface area contributed by atoms with Crippen LogP contribution in [0.15, 0.2) is 41.3 Å². The number of sulfonamides is 1. The molecule has 9 heteroatoms. The van der Waals surface area contributed by atoms with E-state index in [9.17, 15) is 18.0 Å². The van der Waals surface area contributed by atoms with Crippen LogP contribution in [0.4, 0.5) is 11.4 Å². The molecule has 1 atom stereocenters. The number of hydrogen-bond donors (Lipinski definition) is 2. The fraction of sp³-hybridized carbons (Fsp3) is 0.417. The van der Waals surface area contributed by atoms with Crippen LogP contribution < -0.4 is 15.4 Å². The van der Waals surface area contributed by atoms with Crippen molar-refractivity contribution in [1.29, 1.82) is 0 Å². The van der Waals surface area contributed by atoms with E-state index in [0.29, 0.717) is 30.7 Å². The molecule has 2 amide bonds. The van der Waals surface area contributed by atoms with E-state index in [-0.39, 0.29) is 35.7 Å². The van der Waals surface area contributed by atoms with Crippen LogP contribution in [-0.4, -0.2) is 43.7 Å². The minimum absolute atomic E-state index is 0.0885. The summed E-state index contributed by atoms with van der Waals surface area (Å²) < 4.78 is 33.4. The summed E-state index contributed by atoms with van der Waals surface area (Å²) in [6.07, 6.45) is 0.837. The fourth-order valence-electron chi connectivity index (χ4n) is 4.13. The molecule has 2 aliphatic heterocycles. The van der Waals surface area contributed by atoms with Crippen LogP contribution in [-0.2, 0) is 19.6 Å². The van der Waals surface area contributed by atoms with Gasteiger partial charge in [0.2, 0.25) is 15.9 Å². The van der Waals surface area contributed by atoms with E-state index in [2.05, 4.69) is 10.6 Å². The molecule has 0 aliphatic carbocycles. The van der Waals surface area contributed by atoms with Crippen molar-refractivity contribution in [2.75, 3.05) is 23.7 Å². The van der Waals surface area contributed by atoms with E-state index in [1.165, 1.54) is 16.4 Å². The SMILES string of the molecule is CC[C@@H]1Oc2ccc(S(=O)(=O)N3CCC(C(=O)Nc4ccc(C)c(C)c4)CC3)cc2NC1=O. The Kier molecular flexibility index (Phi) is 6.45. The quantitative estimate of drug-likeness (QED) is 0.695. The number of piperidine rings is 1. The third-order valence-corrected chi connectivity index (χ3v) is 8.27. The van der Waals surface area contributed by atoms with E-state index in [4.69, 9.17) is 4.74 Å². The van der Waals surface area contributed by atoms with Gasteiger partial charge in [-0.15, -0.1) is 0 Å². The van der Waals surface area contributed by atoms with Gasteiger partial charge in [0.05, 0.1) is 10.6 Å². The summed E-state index contributed by atoms with van der Waals surface area (Å²) in [6, 6.07) is 10.3. The third-order valence-electron chi connectivity index (χ3n) is 6.38. The lowest BCUT2D eigenvalue weighted by atomic mass is 9.97. The molecule has 2 aliphatic rings. The molecule has 0 saturated carbocycles. The number of amides is 2. The van der Waals surface area contributed by atoms with Crippen molar-refractivity contribution in [3.63, 3.8) is 0 Å². The monoisotopic (exact) mass is 471 g/mol. The molecule has 2 aromatic carbocycles. The van der Waals surface area contributed by atoms with Crippen LogP contribution >= 0.6 is 0 Å². The lowest BCUT2D eigenvalue weighted by Crippen LogP contribution is -2.41. The third kappa shape index (κ3) is 4.74. The molecule has 8 nitrogen and oxygen atoms in total. The van der Waals surface area contributed by atoms with Gasteiger partial charge in [0.1, 0.15) is 5.75 Å². The Hall–Kier alpha value is -2.91. The molecule has 2 heterocycles. The summed E-state index contributed by atoms with van der Waals surface area (Å²) in [5, 5.41) is 5.68. The molecular formula is C24H29N3O5S. The standard InChI is InChI=1S/C24H29N3O5S/c1-4-21-24(29)26-20-14-19(7-8-22(20)32-21)33(30,31)27-11-9-17(10-12-27)23(28)25-18-6-5-15(2)16(3)13-18/h5-8,13-14,17,21H,4,9-12H2,1-3H3,(H,25,28)(H,26,29)/t21-/m0/s1. The smallest absolute Gasteiger partial charge is 0.265 e. The van der Waals surface area contributed by atoms with E-state index in [1.807, 2.05) is 39.0 Å². The predicted molar refractivity (Wildman–Crippen MR) is 126 cm³/mol. The highest BCUT2D eigenvalue weighted by Gasteiger charge is 2.34. The Bertz CT molecular complexity index is 1190. The molecule has 1 saturated heterocycles. The number of anilines is 2. The molecule has 0 radical (unpaired) electrons. The Morgan fingerprint density at radius 1 is 1.12 bits per heavy atom. The molecule has 0 unspecified atom stereocenters. The number of carbonyl (C=O) groups is 2. The summed E-state index contributed by atoms with van der Waals surface area (Å²) in [6.45, 7) is 6.37. The van der Waals surface area contributed by atoms with Gasteiger partial charge in [-0.2, -0.15) is 4.31 Å². The van der Waals surface area contributed by atoms with Gasteiger partial charge in [-0.25, -0.2) is 8.42 Å². The second-order valence-corrected chi connectivity index (χ2v) is 10.6. The maximum Gasteiger partial charge on any atom is 0.265 e. The zero-order valence-corrected chi connectivity index (χ0v) is 19.9. The van der Waals surface area contributed by atoms with Gasteiger partial charge in [-0.1, -0.05) is 13.0 Å². The van der Waals surface area contributed by atoms with Crippen molar-refractivity contribution in [2.45, 2.75) is 51.0 Å². The number of benzene rings is 2. The number of ether oxygens (including phenoxy) is 1. The van der Waals surface area contributed by atoms with Crippen molar-refractivity contribution in [3.8, 4) is 5.75 Å². The summed E-state index contributed by atoms with van der Waals surface area (Å²) in [5.41, 5.74) is 3.37. The van der Waals surface area contributed by atoms with Gasteiger partial charge in [-0.05, 0) is 74.6 Å². The van der Waals surface area contributed by atoms with E-state index < -0.39 is 16.1 Å². The highest BCUT2D eigenvalue weighted by atomic mass is 32.2. The van der Waals surface area contributed by atoms with Crippen LogP contribution in [0, 0.1) is 19.8 Å². The maximum atomic E-state index is 13.2. The first-order chi connectivity index (χ1) is 15.7. The van der Waals surface area contributed by atoms with Crippen LogP contribution in [0.5, 0.6) is 5.75 Å². The molecule has 33 heavy (non-hydrogen) atoms. The fourth-order valence-corrected chi connectivity index (χ4v) is 5.63. The van der Waals surface area contributed by atoms with Crippen molar-refractivity contribution >= 4 is 33.2 Å². The number of aryl methyl sites for hydroxylation is 2. The lowest BCUT2D eigenvalue weighted by molar-refractivity contribution is -0.123. The van der Waals surface area contributed by atoms with Gasteiger partial charge in [0.15, 0.2) is 6.10 Å². The number of nitrogens with zero attached hydrogens (tertiary/aromatic N) is 1. The maximum absolute atomic E-state index is 13.2. The second kappa shape index (κ2) is 9.15. The highest BCUT2D eigenvalue weighted by Crippen LogP contribution is 2.34. The van der Waals surface area contributed by atoms with Crippen molar-refractivity contribution in [1.82, 2.24) is 4.31 Å². The molecule has 0 bridgehead atoms. The van der Waals surface area contributed by atoms with Crippen molar-refractivity contribution in [3.05, 3.63) is 47.5 Å². The number of rotatable bonds is 5. The molecule has 2 aromatic rings. The molecule has 176 valence electrons. The Balaban J connectivity index is 1.41. The molecule has 0 spiro atoms. The van der Waals surface area contributed by atoms with Gasteiger partial charge < -0.3 is 15.4 Å². The number of carbonyl (C=O) groups excluding carboxylic acids is 2. The molecule has 1 fully saturated rings. The second-order valence-electron chi connectivity index (χ2n) is 8.63. The Morgan fingerprint density at radius 3 is 2.52 bits per heavy atom. The minimum atomic E-state index is -3.76. The average molecular weight is 472 g/mol. The lowest BCUT2D eigenvalue weighted by Gasteiger charge is -2.31. The van der Waals surface area contributed by atoms with Crippen molar-refractivity contribution in [2.24, 2.45) is 5.92 Å². The van der Waals surface area contributed by atoms with E-state index in [0.717, 1.165) is 16.8 Å². The predicted octanol–water partition coefficient (Wildman–Crippen LogP) is 3.45. The number of hydrogen-bond acceptors (Lipinski definition) is 5. The Labute approximate surface area is 194 Å². The highest BCUT2D eigenvalue weighted by molar-refractivity contribution is 7.89. The zero-order chi connectivity index (χ0) is 23.8. The van der Waals surface area contributed by atoms with Crippen LogP contribution in [0.25, 0.3) is 0 Å². The number of fused-ring (bicyclic) bond motifs is 1. The van der Waals surface area contributed by atoms with Crippen LogP contribution in [0.2, 0.25) is 0 Å². The van der Waals surface area contributed by atoms with Gasteiger partial charge in [-0.3, -0.25) is 9.59 Å². The largest absolute Gasteiger partial charge is 0.478 e. The first-order valence-corrected chi connectivity index (χ1v) is 12.6. The molecular weight excluding hydrogens is 442 g/mol. The minimum Gasteiger partial charge on any atom is -0.478 e. The topological polar surface area (TPSA) is 105 Å². The molecule has 4 rings (SSSR count).